The lowest BCUT2D eigenvalue weighted by molar-refractivity contribution is 0.102. The van der Waals surface area contributed by atoms with E-state index in [1.54, 1.807) is 0 Å². The van der Waals surface area contributed by atoms with Gasteiger partial charge in [-0.25, -0.2) is 0 Å². The van der Waals surface area contributed by atoms with Crippen LogP contribution < -0.4 is 5.32 Å². The Morgan fingerprint density at radius 2 is 1.86 bits per heavy atom. The van der Waals surface area contributed by atoms with E-state index >= 15 is 0 Å². The van der Waals surface area contributed by atoms with Crippen molar-refractivity contribution in [2.75, 3.05) is 19.6 Å². The third-order valence-corrected chi connectivity index (χ3v) is 3.32. The first-order chi connectivity index (χ1) is 6.65. The Kier molecular flexibility index (Phi) is 4.90. The van der Waals surface area contributed by atoms with E-state index in [9.17, 15) is 0 Å². The first kappa shape index (κ1) is 12.0. The lowest BCUT2D eigenvalue weighted by Crippen LogP contribution is -2.59. The highest BCUT2D eigenvalue weighted by Gasteiger charge is 2.26. The third-order valence-electron chi connectivity index (χ3n) is 3.32. The van der Waals surface area contributed by atoms with Crippen molar-refractivity contribution in [2.24, 2.45) is 5.92 Å². The molecule has 1 fully saturated rings. The molecule has 1 unspecified atom stereocenters. The molecule has 14 heavy (non-hydrogen) atoms. The minimum absolute atomic E-state index is 0.759. The SMILES string of the molecule is CCN(C(C)CCC(C)C)C1CNC1. The highest BCUT2D eigenvalue weighted by molar-refractivity contribution is 4.86. The molecule has 0 spiro atoms. The van der Waals surface area contributed by atoms with Crippen molar-refractivity contribution in [3.63, 3.8) is 0 Å². The van der Waals surface area contributed by atoms with E-state index in [1.807, 2.05) is 0 Å². The fourth-order valence-corrected chi connectivity index (χ4v) is 2.18. The second-order valence-electron chi connectivity index (χ2n) is 4.96. The standard InChI is InChI=1S/C12H26N2/c1-5-14(12-8-13-9-12)11(4)7-6-10(2)3/h10-13H,5-9H2,1-4H3. The maximum absolute atomic E-state index is 3.35. The van der Waals surface area contributed by atoms with Crippen molar-refractivity contribution in [1.29, 1.82) is 0 Å². The molecule has 1 N–H and O–H groups in total. The average Bonchev–Trinajstić information content (AvgIpc) is 2.06. The third kappa shape index (κ3) is 3.25. The fraction of sp³-hybridized carbons (Fsp3) is 1.00. The van der Waals surface area contributed by atoms with Gasteiger partial charge < -0.3 is 5.32 Å². The zero-order valence-corrected chi connectivity index (χ0v) is 10.2. The molecule has 1 atom stereocenters. The molecule has 0 aromatic heterocycles. The summed E-state index contributed by atoms with van der Waals surface area (Å²) in [4.78, 5) is 2.65. The van der Waals surface area contributed by atoms with E-state index in [4.69, 9.17) is 0 Å². The molecule has 1 rings (SSSR count). The second kappa shape index (κ2) is 5.72. The molecule has 0 bridgehead atoms. The van der Waals surface area contributed by atoms with Gasteiger partial charge in [0.05, 0.1) is 0 Å². The topological polar surface area (TPSA) is 15.3 Å². The minimum Gasteiger partial charge on any atom is -0.314 e. The van der Waals surface area contributed by atoms with Crippen LogP contribution in [-0.4, -0.2) is 36.6 Å². The summed E-state index contributed by atoms with van der Waals surface area (Å²) < 4.78 is 0. The summed E-state index contributed by atoms with van der Waals surface area (Å²) in [6.45, 7) is 12.9. The Labute approximate surface area is 89.1 Å². The highest BCUT2D eigenvalue weighted by Crippen LogP contribution is 2.15. The second-order valence-corrected chi connectivity index (χ2v) is 4.96. The van der Waals surface area contributed by atoms with Crippen LogP contribution in [0.4, 0.5) is 0 Å². The molecule has 2 nitrogen and oxygen atoms in total. The van der Waals surface area contributed by atoms with Crippen molar-refractivity contribution in [2.45, 2.75) is 52.6 Å². The van der Waals surface area contributed by atoms with Crippen LogP contribution in [-0.2, 0) is 0 Å². The van der Waals surface area contributed by atoms with Crippen molar-refractivity contribution < 1.29 is 0 Å². The van der Waals surface area contributed by atoms with Gasteiger partial charge in [0.15, 0.2) is 0 Å². The van der Waals surface area contributed by atoms with Crippen LogP contribution in [0.25, 0.3) is 0 Å². The average molecular weight is 198 g/mol. The molecule has 0 aliphatic carbocycles. The molecule has 0 amide bonds. The van der Waals surface area contributed by atoms with Gasteiger partial charge in [-0.2, -0.15) is 0 Å². The number of rotatable bonds is 6. The number of nitrogens with zero attached hydrogens (tertiary/aromatic N) is 1. The maximum atomic E-state index is 3.35. The van der Waals surface area contributed by atoms with E-state index in [0.29, 0.717) is 0 Å². The summed E-state index contributed by atoms with van der Waals surface area (Å²) in [5.41, 5.74) is 0. The number of likely N-dealkylation sites (N-methyl/N-ethyl adjacent to an activating group) is 1. The lowest BCUT2D eigenvalue weighted by Gasteiger charge is -2.41. The predicted molar refractivity (Wildman–Crippen MR) is 62.6 cm³/mol. The van der Waals surface area contributed by atoms with Crippen LogP contribution in [0.5, 0.6) is 0 Å². The fourth-order valence-electron chi connectivity index (χ4n) is 2.18. The Bertz CT molecular complexity index is 152. The smallest absolute Gasteiger partial charge is 0.0348 e. The maximum Gasteiger partial charge on any atom is 0.0348 e. The summed E-state index contributed by atoms with van der Waals surface area (Å²) in [5, 5.41) is 3.35. The normalized spacial score (nSPS) is 20.1. The summed E-state index contributed by atoms with van der Waals surface area (Å²) in [5.74, 6) is 0.843. The molecular weight excluding hydrogens is 172 g/mol. The molecule has 0 radical (unpaired) electrons. The van der Waals surface area contributed by atoms with Crippen molar-refractivity contribution in [3.05, 3.63) is 0 Å². The largest absolute Gasteiger partial charge is 0.314 e. The Hall–Kier alpha value is -0.0800. The molecule has 0 aromatic rings. The zero-order chi connectivity index (χ0) is 10.6. The van der Waals surface area contributed by atoms with Gasteiger partial charge in [-0.15, -0.1) is 0 Å². The van der Waals surface area contributed by atoms with Gasteiger partial charge in [0.2, 0.25) is 0 Å². The van der Waals surface area contributed by atoms with E-state index in [2.05, 4.69) is 37.9 Å². The number of nitrogens with one attached hydrogen (secondary N) is 1. The van der Waals surface area contributed by atoms with Crippen LogP contribution in [0, 0.1) is 5.92 Å². The van der Waals surface area contributed by atoms with Crippen molar-refractivity contribution >= 4 is 0 Å². The van der Waals surface area contributed by atoms with Crippen LogP contribution in [0.15, 0.2) is 0 Å². The molecule has 1 aliphatic rings. The number of hydrogen-bond acceptors (Lipinski definition) is 2. The minimum atomic E-state index is 0.759. The molecule has 84 valence electrons. The predicted octanol–water partition coefficient (Wildman–Crippen LogP) is 2.10. The molecule has 2 heteroatoms. The summed E-state index contributed by atoms with van der Waals surface area (Å²) in [7, 11) is 0. The summed E-state index contributed by atoms with van der Waals surface area (Å²) >= 11 is 0. The van der Waals surface area contributed by atoms with E-state index in [-0.39, 0.29) is 0 Å². The molecular formula is C12H26N2. The van der Waals surface area contributed by atoms with Crippen LogP contribution in [0.2, 0.25) is 0 Å². The number of hydrogen-bond donors (Lipinski definition) is 1. The first-order valence-corrected chi connectivity index (χ1v) is 6.11. The van der Waals surface area contributed by atoms with Gasteiger partial charge in [-0.1, -0.05) is 20.8 Å². The van der Waals surface area contributed by atoms with Crippen LogP contribution in [0.3, 0.4) is 0 Å². The van der Waals surface area contributed by atoms with Gasteiger partial charge in [0.25, 0.3) is 0 Å². The van der Waals surface area contributed by atoms with E-state index < -0.39 is 0 Å². The highest BCUT2D eigenvalue weighted by atomic mass is 15.2. The molecule has 0 saturated carbocycles. The molecule has 1 aliphatic heterocycles. The molecule has 0 aromatic carbocycles. The van der Waals surface area contributed by atoms with Gasteiger partial charge in [-0.3, -0.25) is 4.90 Å². The van der Waals surface area contributed by atoms with Gasteiger partial charge in [0, 0.05) is 25.2 Å². The van der Waals surface area contributed by atoms with Crippen molar-refractivity contribution in [3.8, 4) is 0 Å². The van der Waals surface area contributed by atoms with Gasteiger partial charge >= 0.3 is 0 Å². The Balaban J connectivity index is 2.27. The van der Waals surface area contributed by atoms with E-state index in [0.717, 1.165) is 18.0 Å². The lowest BCUT2D eigenvalue weighted by atomic mass is 10.0. The quantitative estimate of drug-likeness (QED) is 0.703. The van der Waals surface area contributed by atoms with Gasteiger partial charge in [-0.05, 0) is 32.2 Å². The zero-order valence-electron chi connectivity index (χ0n) is 10.2. The molecule has 1 saturated heterocycles. The summed E-state index contributed by atoms with van der Waals surface area (Å²) in [6, 6.07) is 1.57. The van der Waals surface area contributed by atoms with E-state index in [1.165, 1.54) is 32.5 Å². The van der Waals surface area contributed by atoms with Gasteiger partial charge in [0.1, 0.15) is 0 Å². The Morgan fingerprint density at radius 3 is 2.21 bits per heavy atom. The molecule has 1 heterocycles. The van der Waals surface area contributed by atoms with Crippen LogP contribution in [0.1, 0.15) is 40.5 Å². The summed E-state index contributed by atoms with van der Waals surface area (Å²) in [6.07, 6.45) is 2.71. The van der Waals surface area contributed by atoms with Crippen molar-refractivity contribution in [1.82, 2.24) is 10.2 Å². The van der Waals surface area contributed by atoms with Crippen LogP contribution >= 0.6 is 0 Å². The Morgan fingerprint density at radius 1 is 1.21 bits per heavy atom. The monoisotopic (exact) mass is 198 g/mol. The first-order valence-electron chi connectivity index (χ1n) is 6.11.